The number of fused-ring (bicyclic) bond motifs is 1. The number of pyridine rings is 1. The van der Waals surface area contributed by atoms with Crippen LogP contribution in [0.4, 0.5) is 5.82 Å². The molecule has 0 bridgehead atoms. The molecule has 3 aromatic rings. The lowest BCUT2D eigenvalue weighted by atomic mass is 10.1. The number of nitrogens with one attached hydrogen (secondary N) is 1. The van der Waals surface area contributed by atoms with Crippen molar-refractivity contribution >= 4 is 17.2 Å². The normalized spacial score (nSPS) is 19.9. The van der Waals surface area contributed by atoms with Gasteiger partial charge in [0, 0.05) is 49.4 Å². The van der Waals surface area contributed by atoms with Crippen LogP contribution in [0.3, 0.4) is 0 Å². The smallest absolute Gasteiger partial charge is 0.228 e. The van der Waals surface area contributed by atoms with Crippen LogP contribution in [0.1, 0.15) is 24.8 Å². The van der Waals surface area contributed by atoms with Gasteiger partial charge in [-0.15, -0.1) is 0 Å². The number of hydrogen-bond acceptors (Lipinski definition) is 5. The summed E-state index contributed by atoms with van der Waals surface area (Å²) >= 11 is 0. The summed E-state index contributed by atoms with van der Waals surface area (Å²) in [4.78, 5) is 14.3. The lowest BCUT2D eigenvalue weighted by Gasteiger charge is -2.13. The van der Waals surface area contributed by atoms with Gasteiger partial charge >= 0.3 is 0 Å². The molecule has 1 saturated heterocycles. The molecule has 0 radical (unpaired) electrons. The third-order valence-corrected chi connectivity index (χ3v) is 5.77. The molecule has 2 fully saturated rings. The molecule has 1 aliphatic heterocycles. The monoisotopic (exact) mass is 394 g/mol. The zero-order valence-electron chi connectivity index (χ0n) is 16.8. The topological polar surface area (TPSA) is 76.7 Å². The summed E-state index contributed by atoms with van der Waals surface area (Å²) in [6.45, 7) is 2.61. The molecule has 0 spiro atoms. The summed E-state index contributed by atoms with van der Waals surface area (Å²) in [6, 6.07) is 6.00. The van der Waals surface area contributed by atoms with Crippen molar-refractivity contribution < 1.29 is 9.53 Å². The van der Waals surface area contributed by atoms with Crippen LogP contribution >= 0.6 is 0 Å². The van der Waals surface area contributed by atoms with Crippen molar-refractivity contribution in [1.82, 2.24) is 24.3 Å². The Bertz CT molecular complexity index is 1050. The summed E-state index contributed by atoms with van der Waals surface area (Å²) < 4.78 is 9.81. The Hall–Kier alpha value is -2.71. The van der Waals surface area contributed by atoms with E-state index in [0.29, 0.717) is 12.4 Å². The maximum absolute atomic E-state index is 12.0. The average molecular weight is 394 g/mol. The molecule has 0 aromatic carbocycles. The molecule has 1 saturated carbocycles. The molecule has 1 amide bonds. The van der Waals surface area contributed by atoms with Crippen LogP contribution in [0, 0.1) is 5.92 Å². The first-order chi connectivity index (χ1) is 14.1. The van der Waals surface area contributed by atoms with Gasteiger partial charge in [0.2, 0.25) is 5.91 Å². The first-order valence-corrected chi connectivity index (χ1v) is 10.2. The highest BCUT2D eigenvalue weighted by Crippen LogP contribution is 2.30. The Morgan fingerprint density at radius 1 is 1.28 bits per heavy atom. The SMILES string of the molecule is CN1CC[C@@H](OCc2cnn(C)c2-c2ccn3nc(NC(=O)C4CC4)cc3c2)C1. The van der Waals surface area contributed by atoms with E-state index in [1.54, 1.807) is 4.52 Å². The Morgan fingerprint density at radius 2 is 2.14 bits per heavy atom. The van der Waals surface area contributed by atoms with Crippen LogP contribution in [0.15, 0.2) is 30.6 Å². The molecule has 0 unspecified atom stereocenters. The van der Waals surface area contributed by atoms with Crippen LogP contribution in [-0.2, 0) is 23.2 Å². The van der Waals surface area contributed by atoms with E-state index < -0.39 is 0 Å². The molecule has 4 heterocycles. The number of nitrogens with zero attached hydrogens (tertiary/aromatic N) is 5. The minimum Gasteiger partial charge on any atom is -0.372 e. The second-order valence-corrected chi connectivity index (χ2v) is 8.20. The van der Waals surface area contributed by atoms with E-state index in [1.807, 2.05) is 36.3 Å². The van der Waals surface area contributed by atoms with Gasteiger partial charge < -0.3 is 15.0 Å². The van der Waals surface area contributed by atoms with E-state index >= 15 is 0 Å². The van der Waals surface area contributed by atoms with Crippen LogP contribution in [0.25, 0.3) is 16.8 Å². The average Bonchev–Trinajstić information content (AvgIpc) is 3.20. The van der Waals surface area contributed by atoms with Gasteiger partial charge in [0.25, 0.3) is 0 Å². The highest BCUT2D eigenvalue weighted by molar-refractivity contribution is 5.93. The molecule has 8 nitrogen and oxygen atoms in total. The van der Waals surface area contributed by atoms with E-state index in [1.165, 1.54) is 0 Å². The number of ether oxygens (including phenoxy) is 1. The van der Waals surface area contributed by atoms with Crippen LogP contribution < -0.4 is 5.32 Å². The molecule has 2 aliphatic rings. The standard InChI is InChI=1S/C21H26N6O2/c1-25-7-6-18(12-25)29-13-16-11-22-26(2)20(16)15-5-8-27-17(9-15)10-19(24-27)23-21(28)14-3-4-14/h5,8-11,14,18H,3-4,6-7,12-13H2,1-2H3,(H,23,24,28)/t18-/m1/s1. The Labute approximate surface area is 169 Å². The van der Waals surface area contributed by atoms with Gasteiger partial charge in [-0.05, 0) is 38.4 Å². The lowest BCUT2D eigenvalue weighted by Crippen LogP contribution is -2.19. The number of likely N-dealkylation sites (tertiary alicyclic amines) is 1. The first kappa shape index (κ1) is 18.3. The van der Waals surface area contributed by atoms with E-state index in [0.717, 1.165) is 54.7 Å². The number of likely N-dealkylation sites (N-methyl/N-ethyl adjacent to an activating group) is 1. The van der Waals surface area contributed by atoms with Crippen LogP contribution in [0.5, 0.6) is 0 Å². The number of aryl methyl sites for hydroxylation is 1. The van der Waals surface area contributed by atoms with Gasteiger partial charge in [-0.1, -0.05) is 0 Å². The largest absolute Gasteiger partial charge is 0.372 e. The zero-order chi connectivity index (χ0) is 20.0. The minimum atomic E-state index is 0.0669. The van der Waals surface area contributed by atoms with Gasteiger partial charge in [0.15, 0.2) is 5.82 Å². The predicted molar refractivity (Wildman–Crippen MR) is 109 cm³/mol. The van der Waals surface area contributed by atoms with E-state index in [-0.39, 0.29) is 17.9 Å². The van der Waals surface area contributed by atoms with Crippen molar-refractivity contribution in [3.8, 4) is 11.3 Å². The summed E-state index contributed by atoms with van der Waals surface area (Å²) in [5, 5.41) is 11.8. The molecule has 1 aliphatic carbocycles. The predicted octanol–water partition coefficient (Wildman–Crippen LogP) is 2.30. The summed E-state index contributed by atoms with van der Waals surface area (Å²) in [5.41, 5.74) is 4.11. The van der Waals surface area contributed by atoms with Crippen molar-refractivity contribution in [2.45, 2.75) is 32.0 Å². The summed E-state index contributed by atoms with van der Waals surface area (Å²) in [7, 11) is 4.07. The van der Waals surface area contributed by atoms with Gasteiger partial charge in [-0.2, -0.15) is 10.2 Å². The molecule has 8 heteroatoms. The van der Waals surface area contributed by atoms with Crippen molar-refractivity contribution in [1.29, 1.82) is 0 Å². The number of rotatable bonds is 6. The fourth-order valence-corrected chi connectivity index (χ4v) is 3.98. The Balaban J connectivity index is 1.37. The second kappa shape index (κ2) is 7.27. The van der Waals surface area contributed by atoms with Crippen molar-refractivity contribution in [2.24, 2.45) is 13.0 Å². The highest BCUT2D eigenvalue weighted by atomic mass is 16.5. The number of anilines is 1. The molecule has 5 rings (SSSR count). The minimum absolute atomic E-state index is 0.0669. The van der Waals surface area contributed by atoms with E-state index in [4.69, 9.17) is 4.74 Å². The van der Waals surface area contributed by atoms with Crippen molar-refractivity contribution in [3.63, 3.8) is 0 Å². The van der Waals surface area contributed by atoms with Crippen molar-refractivity contribution in [3.05, 3.63) is 36.2 Å². The van der Waals surface area contributed by atoms with Crippen LogP contribution in [-0.4, -0.2) is 56.4 Å². The zero-order valence-corrected chi connectivity index (χ0v) is 16.8. The fraction of sp³-hybridized carbons (Fsp3) is 0.476. The third-order valence-electron chi connectivity index (χ3n) is 5.77. The maximum atomic E-state index is 12.0. The Morgan fingerprint density at radius 3 is 2.90 bits per heavy atom. The van der Waals surface area contributed by atoms with Gasteiger partial charge in [-0.25, -0.2) is 4.52 Å². The van der Waals surface area contributed by atoms with Crippen LogP contribution in [0.2, 0.25) is 0 Å². The fourth-order valence-electron chi connectivity index (χ4n) is 3.98. The number of carbonyl (C=O) groups excluding carboxylic acids is 1. The third kappa shape index (κ3) is 3.77. The number of amides is 1. The molecule has 3 aromatic heterocycles. The molecule has 1 atom stereocenters. The number of aromatic nitrogens is 4. The molecular formula is C21H26N6O2. The Kier molecular flexibility index (Phi) is 4.60. The maximum Gasteiger partial charge on any atom is 0.228 e. The highest BCUT2D eigenvalue weighted by Gasteiger charge is 2.30. The quantitative estimate of drug-likeness (QED) is 0.694. The van der Waals surface area contributed by atoms with Gasteiger partial charge in [0.05, 0.1) is 30.1 Å². The summed E-state index contributed by atoms with van der Waals surface area (Å²) in [5.74, 6) is 0.822. The summed E-state index contributed by atoms with van der Waals surface area (Å²) in [6.07, 6.45) is 7.11. The first-order valence-electron chi connectivity index (χ1n) is 10.2. The molecule has 1 N–H and O–H groups in total. The molecule has 29 heavy (non-hydrogen) atoms. The van der Waals surface area contributed by atoms with Gasteiger partial charge in [0.1, 0.15) is 0 Å². The number of carbonyl (C=O) groups is 1. The molecular weight excluding hydrogens is 368 g/mol. The van der Waals surface area contributed by atoms with E-state index in [2.05, 4.69) is 33.5 Å². The molecule has 152 valence electrons. The van der Waals surface area contributed by atoms with Crippen molar-refractivity contribution in [2.75, 3.05) is 25.5 Å². The van der Waals surface area contributed by atoms with Gasteiger partial charge in [-0.3, -0.25) is 9.48 Å². The van der Waals surface area contributed by atoms with E-state index in [9.17, 15) is 4.79 Å². The number of hydrogen-bond donors (Lipinski definition) is 1. The lowest BCUT2D eigenvalue weighted by molar-refractivity contribution is -0.117. The second-order valence-electron chi connectivity index (χ2n) is 8.20.